The Morgan fingerprint density at radius 3 is 2.76 bits per heavy atom. The smallest absolute Gasteiger partial charge is 0.285 e. The summed E-state index contributed by atoms with van der Waals surface area (Å²) in [6.45, 7) is 3.22. The average Bonchev–Trinajstić information content (AvgIpc) is 3.24. The number of amides is 1. The van der Waals surface area contributed by atoms with Gasteiger partial charge in [-0.1, -0.05) is 6.92 Å². The summed E-state index contributed by atoms with van der Waals surface area (Å²) in [4.78, 5) is 35.9. The molecule has 1 aromatic rings. The van der Waals surface area contributed by atoms with Gasteiger partial charge in [-0.05, 0) is 25.2 Å². The van der Waals surface area contributed by atoms with Crippen LogP contribution in [-0.4, -0.2) is 33.4 Å². The number of carbonyl (C=O) groups excluding carboxylic acids is 1. The molecule has 0 spiro atoms. The maximum atomic E-state index is 12.3. The molecule has 1 saturated carbocycles. The number of hydrogen-bond donors (Lipinski definition) is 0. The summed E-state index contributed by atoms with van der Waals surface area (Å²) in [5.74, 6) is 0.411. The van der Waals surface area contributed by atoms with Crippen molar-refractivity contribution in [3.63, 3.8) is 0 Å². The predicted octanol–water partition coefficient (Wildman–Crippen LogP) is 1.41. The van der Waals surface area contributed by atoms with Crippen molar-refractivity contribution in [2.45, 2.75) is 32.7 Å². The van der Waals surface area contributed by atoms with E-state index in [1.807, 2.05) is 6.92 Å². The topological polar surface area (TPSA) is 85.4 Å². The lowest BCUT2D eigenvalue weighted by Crippen LogP contribution is -2.38. The zero-order valence-corrected chi connectivity index (χ0v) is 12.0. The van der Waals surface area contributed by atoms with Crippen LogP contribution in [0.4, 0.5) is 5.69 Å². The van der Waals surface area contributed by atoms with Crippen LogP contribution >= 0.6 is 0 Å². The highest BCUT2D eigenvalue weighted by Gasteiger charge is 2.26. The SMILES string of the molecule is CCCN(CC1CC1)C(=O)Cn1cc([N+](=O)[O-])ccc1=O. The molecule has 1 aliphatic carbocycles. The zero-order chi connectivity index (χ0) is 15.4. The molecule has 7 heteroatoms. The molecule has 114 valence electrons. The Hall–Kier alpha value is -2.18. The fourth-order valence-corrected chi connectivity index (χ4v) is 2.20. The molecule has 0 N–H and O–H groups in total. The van der Waals surface area contributed by atoms with Gasteiger partial charge in [-0.3, -0.25) is 24.3 Å². The van der Waals surface area contributed by atoms with Crippen molar-refractivity contribution in [3.05, 3.63) is 38.8 Å². The second kappa shape index (κ2) is 6.51. The highest BCUT2D eigenvalue weighted by atomic mass is 16.6. The molecule has 0 bridgehead atoms. The Labute approximate surface area is 122 Å². The standard InChI is InChI=1S/C14H19N3O4/c1-2-7-15(8-11-3-4-11)14(19)10-16-9-12(17(20)21)5-6-13(16)18/h5-6,9,11H,2-4,7-8,10H2,1H3. The predicted molar refractivity (Wildman–Crippen MR) is 77.0 cm³/mol. The highest BCUT2D eigenvalue weighted by molar-refractivity contribution is 5.76. The van der Waals surface area contributed by atoms with Crippen molar-refractivity contribution in [3.8, 4) is 0 Å². The fourth-order valence-electron chi connectivity index (χ4n) is 2.20. The lowest BCUT2D eigenvalue weighted by atomic mass is 10.3. The minimum Gasteiger partial charge on any atom is -0.341 e. The van der Waals surface area contributed by atoms with Crippen molar-refractivity contribution in [2.75, 3.05) is 13.1 Å². The molecule has 0 aliphatic heterocycles. The van der Waals surface area contributed by atoms with Crippen LogP contribution in [0.3, 0.4) is 0 Å². The van der Waals surface area contributed by atoms with Crippen molar-refractivity contribution >= 4 is 11.6 Å². The third-order valence-corrected chi connectivity index (χ3v) is 3.51. The first-order valence-corrected chi connectivity index (χ1v) is 7.14. The van der Waals surface area contributed by atoms with E-state index in [2.05, 4.69) is 0 Å². The summed E-state index contributed by atoms with van der Waals surface area (Å²) in [5.41, 5.74) is -0.594. The van der Waals surface area contributed by atoms with Gasteiger partial charge in [0.1, 0.15) is 6.54 Å². The molecule has 1 heterocycles. The van der Waals surface area contributed by atoms with E-state index in [0.29, 0.717) is 12.5 Å². The summed E-state index contributed by atoms with van der Waals surface area (Å²) in [7, 11) is 0. The quantitative estimate of drug-likeness (QED) is 0.562. The molecule has 1 aliphatic rings. The van der Waals surface area contributed by atoms with Crippen LogP contribution in [0.25, 0.3) is 0 Å². The number of aromatic nitrogens is 1. The second-order valence-electron chi connectivity index (χ2n) is 5.39. The van der Waals surface area contributed by atoms with E-state index in [-0.39, 0.29) is 18.1 Å². The van der Waals surface area contributed by atoms with Gasteiger partial charge in [-0.2, -0.15) is 0 Å². The number of rotatable bonds is 7. The molecule has 1 amide bonds. The van der Waals surface area contributed by atoms with E-state index in [4.69, 9.17) is 0 Å². The van der Waals surface area contributed by atoms with Crippen LogP contribution in [0.5, 0.6) is 0 Å². The van der Waals surface area contributed by atoms with Gasteiger partial charge in [0.05, 0.1) is 11.1 Å². The molecule has 0 unspecified atom stereocenters. The number of nitro groups is 1. The second-order valence-corrected chi connectivity index (χ2v) is 5.39. The maximum absolute atomic E-state index is 12.3. The lowest BCUT2D eigenvalue weighted by molar-refractivity contribution is -0.385. The molecule has 2 rings (SSSR count). The van der Waals surface area contributed by atoms with Crippen LogP contribution in [0.15, 0.2) is 23.1 Å². The summed E-state index contributed by atoms with van der Waals surface area (Å²) >= 11 is 0. The van der Waals surface area contributed by atoms with Gasteiger partial charge in [-0.15, -0.1) is 0 Å². The van der Waals surface area contributed by atoms with Crippen molar-refractivity contribution in [2.24, 2.45) is 5.92 Å². The first-order valence-electron chi connectivity index (χ1n) is 7.14. The molecule has 0 aromatic carbocycles. The molecule has 0 saturated heterocycles. The highest BCUT2D eigenvalue weighted by Crippen LogP contribution is 2.29. The Kier molecular flexibility index (Phi) is 4.72. The zero-order valence-electron chi connectivity index (χ0n) is 12.0. The molecular formula is C14H19N3O4. The summed E-state index contributed by atoms with van der Waals surface area (Å²) < 4.78 is 1.11. The summed E-state index contributed by atoms with van der Waals surface area (Å²) in [5, 5.41) is 10.7. The minimum absolute atomic E-state index is 0.146. The van der Waals surface area contributed by atoms with Gasteiger partial charge in [0.25, 0.3) is 11.2 Å². The third kappa shape index (κ3) is 4.14. The van der Waals surface area contributed by atoms with E-state index < -0.39 is 10.5 Å². The Bertz CT molecular complexity index is 592. The molecule has 1 fully saturated rings. The Morgan fingerprint density at radius 1 is 1.48 bits per heavy atom. The van der Waals surface area contributed by atoms with Crippen LogP contribution in [0.2, 0.25) is 0 Å². The fraction of sp³-hybridized carbons (Fsp3) is 0.571. The van der Waals surface area contributed by atoms with Gasteiger partial charge < -0.3 is 4.90 Å². The van der Waals surface area contributed by atoms with E-state index in [1.54, 1.807) is 4.90 Å². The largest absolute Gasteiger partial charge is 0.341 e. The van der Waals surface area contributed by atoms with E-state index >= 15 is 0 Å². The van der Waals surface area contributed by atoms with Crippen LogP contribution in [0.1, 0.15) is 26.2 Å². The first-order chi connectivity index (χ1) is 10.0. The lowest BCUT2D eigenvalue weighted by Gasteiger charge is -2.22. The molecule has 7 nitrogen and oxygen atoms in total. The normalized spacial score (nSPS) is 14.0. The van der Waals surface area contributed by atoms with Gasteiger partial charge >= 0.3 is 0 Å². The number of pyridine rings is 1. The van der Waals surface area contributed by atoms with Crippen LogP contribution < -0.4 is 5.56 Å². The third-order valence-electron chi connectivity index (χ3n) is 3.51. The maximum Gasteiger partial charge on any atom is 0.285 e. The van der Waals surface area contributed by atoms with Gasteiger partial charge in [0.15, 0.2) is 0 Å². The van der Waals surface area contributed by atoms with Gasteiger partial charge in [0.2, 0.25) is 5.91 Å². The minimum atomic E-state index is -0.575. The van der Waals surface area contributed by atoms with Crippen molar-refractivity contribution in [1.82, 2.24) is 9.47 Å². The van der Waals surface area contributed by atoms with Crippen molar-refractivity contribution in [1.29, 1.82) is 0 Å². The molecule has 0 atom stereocenters. The Balaban J connectivity index is 2.11. The van der Waals surface area contributed by atoms with E-state index in [9.17, 15) is 19.7 Å². The number of nitrogens with zero attached hydrogens (tertiary/aromatic N) is 3. The van der Waals surface area contributed by atoms with E-state index in [1.165, 1.54) is 0 Å². The number of carbonyl (C=O) groups is 1. The number of hydrogen-bond acceptors (Lipinski definition) is 4. The van der Waals surface area contributed by atoms with Gasteiger partial charge in [0, 0.05) is 25.2 Å². The van der Waals surface area contributed by atoms with E-state index in [0.717, 1.165) is 48.7 Å². The monoisotopic (exact) mass is 293 g/mol. The summed E-state index contributed by atoms with van der Waals surface area (Å²) in [6.07, 6.45) is 4.26. The summed E-state index contributed by atoms with van der Waals surface area (Å²) in [6, 6.07) is 2.27. The van der Waals surface area contributed by atoms with Gasteiger partial charge in [-0.25, -0.2) is 0 Å². The molecule has 1 aromatic heterocycles. The molecule has 21 heavy (non-hydrogen) atoms. The average molecular weight is 293 g/mol. The van der Waals surface area contributed by atoms with Crippen LogP contribution in [-0.2, 0) is 11.3 Å². The molecular weight excluding hydrogens is 274 g/mol. The van der Waals surface area contributed by atoms with Crippen molar-refractivity contribution < 1.29 is 9.72 Å². The Morgan fingerprint density at radius 2 is 2.19 bits per heavy atom. The molecule has 0 radical (unpaired) electrons. The van der Waals surface area contributed by atoms with Crippen LogP contribution in [0, 0.1) is 16.0 Å². The first kappa shape index (κ1) is 15.2.